The highest BCUT2D eigenvalue weighted by Crippen LogP contribution is 2.60. The Bertz CT molecular complexity index is 1530. The molecule has 0 amide bonds. The summed E-state index contributed by atoms with van der Waals surface area (Å²) in [5.74, 6) is 0.664. The van der Waals surface area contributed by atoms with Gasteiger partial charge in [-0.1, -0.05) is 48.5 Å². The average molecular weight is 615 g/mol. The van der Waals surface area contributed by atoms with E-state index in [-0.39, 0.29) is 38.8 Å². The van der Waals surface area contributed by atoms with Gasteiger partial charge in [-0.3, -0.25) is 25.7 Å². The van der Waals surface area contributed by atoms with Gasteiger partial charge in [0.25, 0.3) is 11.4 Å². The minimum Gasteiger partial charge on any atom is -0.370 e. The first-order valence-electron chi connectivity index (χ1n) is 14.6. The van der Waals surface area contributed by atoms with Gasteiger partial charge < -0.3 is 4.90 Å². The van der Waals surface area contributed by atoms with Gasteiger partial charge in [-0.25, -0.2) is 8.42 Å². The van der Waals surface area contributed by atoms with Crippen LogP contribution in [-0.2, 0) is 10.0 Å². The molecule has 1 N–H and O–H groups in total. The molecular weight excluding hydrogens is 572 g/mol. The van der Waals surface area contributed by atoms with E-state index in [4.69, 9.17) is 0 Å². The van der Waals surface area contributed by atoms with Crippen LogP contribution in [0.4, 0.5) is 22.7 Å². The van der Waals surface area contributed by atoms with Crippen LogP contribution in [0.5, 0.6) is 0 Å². The fourth-order valence-corrected chi connectivity index (χ4v) is 8.28. The van der Waals surface area contributed by atoms with E-state index in [9.17, 15) is 28.6 Å². The molecule has 0 spiro atoms. The second kappa shape index (κ2) is 11.8. The second-order valence-electron chi connectivity index (χ2n) is 13.6. The van der Waals surface area contributed by atoms with Crippen molar-refractivity contribution in [1.29, 1.82) is 0 Å². The molecule has 4 rings (SSSR count). The van der Waals surface area contributed by atoms with E-state index in [1.54, 1.807) is 6.07 Å². The maximum absolute atomic E-state index is 14.0. The molecule has 2 atom stereocenters. The number of anilines is 2. The lowest BCUT2D eigenvalue weighted by Crippen LogP contribution is -2.46. The number of hydrogen-bond donors (Lipinski definition) is 1. The lowest BCUT2D eigenvalue weighted by molar-refractivity contribution is -0.385. The summed E-state index contributed by atoms with van der Waals surface area (Å²) >= 11 is 0. The topological polar surface area (TPSA) is 151 Å². The molecule has 0 unspecified atom stereocenters. The summed E-state index contributed by atoms with van der Waals surface area (Å²) in [6.07, 6.45) is 2.86. The molecule has 234 valence electrons. The van der Waals surface area contributed by atoms with Crippen molar-refractivity contribution in [3.8, 4) is 0 Å². The number of piperidine rings is 1. The van der Waals surface area contributed by atoms with E-state index in [1.165, 1.54) is 34.8 Å². The van der Waals surface area contributed by atoms with Crippen LogP contribution in [-0.4, -0.2) is 54.5 Å². The van der Waals surface area contributed by atoms with Crippen molar-refractivity contribution in [1.82, 2.24) is 4.31 Å². The molecule has 1 aliphatic carbocycles. The maximum Gasteiger partial charge on any atom is 0.270 e. The minimum absolute atomic E-state index is 0.0211. The average Bonchev–Trinajstić information content (AvgIpc) is 3.36. The molecule has 2 fully saturated rings. The molecule has 1 saturated heterocycles. The van der Waals surface area contributed by atoms with Crippen LogP contribution < -0.4 is 10.3 Å². The Morgan fingerprint density at radius 1 is 1.00 bits per heavy atom. The zero-order valence-electron chi connectivity index (χ0n) is 25.9. The molecule has 1 heterocycles. The number of fused-ring (bicyclic) bond motifs is 2. The van der Waals surface area contributed by atoms with Crippen LogP contribution in [0.3, 0.4) is 0 Å². The summed E-state index contributed by atoms with van der Waals surface area (Å²) in [6, 6.07) is 8.03. The third kappa shape index (κ3) is 6.52. The number of hydrazone groups is 1. The normalized spacial score (nSPS) is 21.7. The number of nitrogens with zero attached hydrogens (tertiary/aromatic N) is 5. The molecule has 2 aromatic carbocycles. The van der Waals surface area contributed by atoms with Gasteiger partial charge in [0.15, 0.2) is 0 Å². The van der Waals surface area contributed by atoms with Crippen LogP contribution in [0.2, 0.25) is 0 Å². The van der Waals surface area contributed by atoms with Gasteiger partial charge in [0.05, 0.1) is 21.7 Å². The summed E-state index contributed by atoms with van der Waals surface area (Å²) in [7, 11) is -4.11. The number of non-ortho nitro benzene ring substituents is 2. The molecule has 1 saturated carbocycles. The first kappa shape index (κ1) is 32.3. The predicted molar refractivity (Wildman–Crippen MR) is 168 cm³/mol. The number of sulfonamides is 1. The Morgan fingerprint density at radius 3 is 2.09 bits per heavy atom. The quantitative estimate of drug-likeness (QED) is 0.167. The molecule has 2 aliphatic rings. The zero-order valence-corrected chi connectivity index (χ0v) is 26.7. The van der Waals surface area contributed by atoms with Gasteiger partial charge in [0.2, 0.25) is 10.0 Å². The van der Waals surface area contributed by atoms with Crippen molar-refractivity contribution in [3.05, 3.63) is 62.2 Å². The molecule has 2 bridgehead atoms. The fourth-order valence-electron chi connectivity index (χ4n) is 6.37. The van der Waals surface area contributed by atoms with Crippen LogP contribution >= 0.6 is 0 Å². The molecule has 12 nitrogen and oxygen atoms in total. The van der Waals surface area contributed by atoms with Gasteiger partial charge in [0.1, 0.15) is 4.90 Å². The van der Waals surface area contributed by atoms with Crippen LogP contribution in [0.1, 0.15) is 66.9 Å². The van der Waals surface area contributed by atoms with Crippen molar-refractivity contribution in [3.63, 3.8) is 0 Å². The minimum atomic E-state index is -4.11. The lowest BCUT2D eigenvalue weighted by atomic mass is 9.69. The Morgan fingerprint density at radius 2 is 1.58 bits per heavy atom. The van der Waals surface area contributed by atoms with E-state index in [0.717, 1.165) is 31.3 Å². The van der Waals surface area contributed by atoms with Crippen molar-refractivity contribution in [2.24, 2.45) is 27.8 Å². The number of rotatable bonds is 12. The van der Waals surface area contributed by atoms with E-state index in [1.807, 2.05) is 0 Å². The summed E-state index contributed by atoms with van der Waals surface area (Å²) in [5, 5.41) is 27.5. The standard InChI is InChI=1S/C30H42N6O6S/c1-20(2)17-33(18-21(3)4)27-11-9-23(35(37)38)12-22(27)16-31-32-26-10-8-24(36(39)40)13-28(26)43(41,42)34-19-30(7)15-25(34)14-29(30,5)6/h8-13,16,20-21,25,32H,14-15,17-19H2,1-7H3/b31-16-/t25-,30-/m1/s1. The van der Waals surface area contributed by atoms with Gasteiger partial charge in [-0.05, 0) is 47.6 Å². The summed E-state index contributed by atoms with van der Waals surface area (Å²) in [6.45, 7) is 16.6. The monoisotopic (exact) mass is 614 g/mol. The number of hydrogen-bond acceptors (Lipinski definition) is 9. The van der Waals surface area contributed by atoms with Crippen LogP contribution in [0.15, 0.2) is 46.4 Å². The molecule has 43 heavy (non-hydrogen) atoms. The van der Waals surface area contributed by atoms with E-state index < -0.39 is 19.9 Å². The van der Waals surface area contributed by atoms with Crippen molar-refractivity contribution in [2.45, 2.75) is 72.2 Å². The predicted octanol–water partition coefficient (Wildman–Crippen LogP) is 6.27. The number of nitrogens with one attached hydrogen (secondary N) is 1. The Labute approximate surface area is 253 Å². The molecule has 0 aromatic heterocycles. The molecule has 13 heteroatoms. The summed E-state index contributed by atoms with van der Waals surface area (Å²) < 4.78 is 29.5. The maximum atomic E-state index is 14.0. The van der Waals surface area contributed by atoms with Gasteiger partial charge in [-0.15, -0.1) is 0 Å². The SMILES string of the molecule is CC(C)CN(CC(C)C)c1ccc([N+](=O)[O-])cc1/C=N\Nc1ccc([N+](=O)[O-])cc1S(=O)(=O)N1C[C@@]2(C)C[C@H]1CC2(C)C. The van der Waals surface area contributed by atoms with Gasteiger partial charge >= 0.3 is 0 Å². The fraction of sp³-hybridized carbons (Fsp3) is 0.567. The highest BCUT2D eigenvalue weighted by molar-refractivity contribution is 7.89. The van der Waals surface area contributed by atoms with Crippen molar-refractivity contribution in [2.75, 3.05) is 30.0 Å². The summed E-state index contributed by atoms with van der Waals surface area (Å²) in [5.41, 5.74) is 3.45. The number of benzene rings is 2. The highest BCUT2D eigenvalue weighted by atomic mass is 32.2. The molecule has 2 aromatic rings. The molecule has 1 aliphatic heterocycles. The van der Waals surface area contributed by atoms with E-state index >= 15 is 0 Å². The Balaban J connectivity index is 1.71. The second-order valence-corrected chi connectivity index (χ2v) is 15.4. The van der Waals surface area contributed by atoms with Crippen LogP contribution in [0, 0.1) is 42.9 Å². The first-order valence-corrected chi connectivity index (χ1v) is 16.0. The highest BCUT2D eigenvalue weighted by Gasteiger charge is 2.60. The third-order valence-electron chi connectivity index (χ3n) is 8.86. The van der Waals surface area contributed by atoms with Crippen molar-refractivity contribution < 1.29 is 18.3 Å². The lowest BCUT2D eigenvalue weighted by Gasteiger charge is -2.42. The molecular formula is C30H42N6O6S. The molecule has 0 radical (unpaired) electrons. The first-order chi connectivity index (χ1) is 19.9. The largest absolute Gasteiger partial charge is 0.370 e. The smallest absolute Gasteiger partial charge is 0.270 e. The van der Waals surface area contributed by atoms with E-state index in [0.29, 0.717) is 30.4 Å². The van der Waals surface area contributed by atoms with Gasteiger partial charge in [-0.2, -0.15) is 9.41 Å². The van der Waals surface area contributed by atoms with E-state index in [2.05, 4.69) is 63.9 Å². The third-order valence-corrected chi connectivity index (χ3v) is 10.8. The number of nitro benzene ring substituents is 2. The summed E-state index contributed by atoms with van der Waals surface area (Å²) in [4.78, 5) is 24.0. The van der Waals surface area contributed by atoms with Crippen molar-refractivity contribution >= 4 is 39.0 Å². The van der Waals surface area contributed by atoms with Crippen LogP contribution in [0.25, 0.3) is 0 Å². The number of nitro groups is 2. The Hall–Kier alpha value is -3.58. The Kier molecular flexibility index (Phi) is 8.90. The van der Waals surface area contributed by atoms with Gasteiger partial charge in [0, 0.05) is 61.2 Å². The zero-order chi connectivity index (χ0) is 31.9.